The average Bonchev–Trinajstić information content (AvgIpc) is 3.14. The predicted octanol–water partition coefficient (Wildman–Crippen LogP) is 10.7. The Hall–Kier alpha value is -3.39. The molecule has 0 aliphatic carbocycles. The highest BCUT2D eigenvalue weighted by atomic mass is 32.2. The molecule has 1 aliphatic heterocycles. The van der Waals surface area contributed by atoms with E-state index in [0.29, 0.717) is 18.0 Å². The molecule has 286 valence electrons. The summed E-state index contributed by atoms with van der Waals surface area (Å²) in [6, 6.07) is 10.8. The molecule has 0 radical (unpaired) electrons. The van der Waals surface area contributed by atoms with E-state index in [1.165, 1.54) is 35.7 Å². The summed E-state index contributed by atoms with van der Waals surface area (Å²) >= 11 is 5.98. The van der Waals surface area contributed by atoms with Gasteiger partial charge in [0.05, 0.1) is 0 Å². The fourth-order valence-corrected chi connectivity index (χ4v) is 7.70. The van der Waals surface area contributed by atoms with Crippen LogP contribution in [-0.2, 0) is 6.42 Å². The molecule has 3 aromatic rings. The number of piperidine rings is 1. The molecule has 0 saturated carbocycles. The van der Waals surface area contributed by atoms with Gasteiger partial charge in [-0.05, 0) is 98.6 Å². The fraction of sp³-hybridized carbons (Fsp3) is 0.500. The SMILES string of the molecule is C#Cc1cnc(N2CCCC[C@H]2CNS)c(Cc2cc(C(CC)C(SC)c3ccn(C(=N)C(F)F)c(=N)c3C)ccc2C)c1.C=CC.CC.CCC. The summed E-state index contributed by atoms with van der Waals surface area (Å²) < 4.78 is 30.5. The maximum atomic E-state index is 13.3. The van der Waals surface area contributed by atoms with E-state index in [9.17, 15) is 8.78 Å². The van der Waals surface area contributed by atoms with Crippen molar-refractivity contribution in [2.45, 2.75) is 118 Å². The Balaban J connectivity index is 0.00000155. The van der Waals surface area contributed by atoms with Gasteiger partial charge in [0.1, 0.15) is 11.3 Å². The van der Waals surface area contributed by atoms with E-state index in [4.69, 9.17) is 22.2 Å². The summed E-state index contributed by atoms with van der Waals surface area (Å²) in [7, 11) is 0. The van der Waals surface area contributed by atoms with E-state index < -0.39 is 12.3 Å². The number of nitrogens with zero attached hydrogens (tertiary/aromatic N) is 3. The number of benzene rings is 1. The highest BCUT2D eigenvalue weighted by molar-refractivity contribution is 7.98. The third kappa shape index (κ3) is 12.6. The van der Waals surface area contributed by atoms with Crippen molar-refractivity contribution in [3.8, 4) is 12.3 Å². The van der Waals surface area contributed by atoms with Crippen molar-refractivity contribution in [2.75, 3.05) is 24.2 Å². The van der Waals surface area contributed by atoms with E-state index in [2.05, 4.69) is 86.9 Å². The lowest BCUT2D eigenvalue weighted by molar-refractivity contribution is 0.219. The highest BCUT2D eigenvalue weighted by Gasteiger charge is 2.28. The van der Waals surface area contributed by atoms with Gasteiger partial charge in [0.15, 0.2) is 5.84 Å². The van der Waals surface area contributed by atoms with Gasteiger partial charge in [-0.15, -0.1) is 13.0 Å². The van der Waals surface area contributed by atoms with E-state index in [0.717, 1.165) is 59.4 Å². The maximum Gasteiger partial charge on any atom is 0.295 e. The number of rotatable bonds is 11. The third-order valence-electron chi connectivity index (χ3n) is 8.78. The normalized spacial score (nSPS) is 14.7. The van der Waals surface area contributed by atoms with Crippen LogP contribution in [0.4, 0.5) is 14.6 Å². The van der Waals surface area contributed by atoms with Crippen LogP contribution in [0.3, 0.4) is 0 Å². The largest absolute Gasteiger partial charge is 0.352 e. The van der Waals surface area contributed by atoms with Crippen molar-refractivity contribution in [1.82, 2.24) is 14.3 Å². The Morgan fingerprint density at radius 3 is 2.38 bits per heavy atom. The number of halogens is 2. The minimum atomic E-state index is -2.95. The smallest absolute Gasteiger partial charge is 0.295 e. The molecule has 2 aromatic heterocycles. The van der Waals surface area contributed by atoms with E-state index in [1.807, 2.05) is 27.0 Å². The summed E-state index contributed by atoms with van der Waals surface area (Å²) in [6.45, 7) is 21.3. The second-order valence-corrected chi connectivity index (χ2v) is 13.8. The van der Waals surface area contributed by atoms with Gasteiger partial charge in [0.2, 0.25) is 0 Å². The number of hydrogen-bond acceptors (Lipinski definition) is 7. The maximum absolute atomic E-state index is 13.3. The number of thioether (sulfide) groups is 1. The first-order valence-corrected chi connectivity index (χ1v) is 20.1. The first-order valence-electron chi connectivity index (χ1n) is 18.4. The van der Waals surface area contributed by atoms with Gasteiger partial charge in [-0.2, -0.15) is 11.8 Å². The van der Waals surface area contributed by atoms with Crippen molar-refractivity contribution in [3.05, 3.63) is 99.8 Å². The first kappa shape index (κ1) is 46.6. The quantitative estimate of drug-likeness (QED) is 0.0517. The van der Waals surface area contributed by atoms with E-state index >= 15 is 0 Å². The second kappa shape index (κ2) is 24.8. The van der Waals surface area contributed by atoms with Crippen LogP contribution in [0.25, 0.3) is 0 Å². The Bertz CT molecular complexity index is 1650. The molecule has 1 aliphatic rings. The fourth-order valence-electron chi connectivity index (χ4n) is 6.30. The second-order valence-electron chi connectivity index (χ2n) is 12.5. The number of aromatic nitrogens is 2. The Kier molecular flexibility index (Phi) is 22.2. The minimum Gasteiger partial charge on any atom is -0.352 e. The summed E-state index contributed by atoms with van der Waals surface area (Å²) in [4.78, 5) is 7.28. The van der Waals surface area contributed by atoms with Crippen LogP contribution in [0.2, 0.25) is 0 Å². The Morgan fingerprint density at radius 2 is 1.83 bits per heavy atom. The lowest BCUT2D eigenvalue weighted by Gasteiger charge is -2.37. The van der Waals surface area contributed by atoms with Crippen LogP contribution in [0.1, 0.15) is 124 Å². The van der Waals surface area contributed by atoms with Gasteiger partial charge in [-0.3, -0.25) is 20.1 Å². The molecule has 52 heavy (non-hydrogen) atoms. The standard InChI is InChI=1S/C34H42F2N6S2.C3H8.C3H6.C2H6/c1-6-23-16-26(34(39-19-23)41-14-9-8-10-27(41)20-40-43)18-25-17-24(12-11-21(25)3)28(7-2)30(44-5)29-13-15-42(32(37)22(29)4)33(38)31(35)36;2*1-3-2;1-2/h1,11-13,15-17,19,27-28,30-31,37-38,40,43H,7-10,14,18,20H2,2-5H3;3H2,1-2H3;3H,1H2,2H3;1-2H3/t27-,28?,30?;;;/m0.../s1. The predicted molar refractivity (Wildman–Crippen MR) is 225 cm³/mol. The van der Waals surface area contributed by atoms with Crippen LogP contribution in [0.15, 0.2) is 55.4 Å². The average molecular weight is 753 g/mol. The molecule has 4 rings (SSSR count). The molecule has 3 N–H and O–H groups in total. The van der Waals surface area contributed by atoms with E-state index in [-0.39, 0.29) is 16.7 Å². The number of nitrogens with one attached hydrogen (secondary N) is 3. The molecule has 6 nitrogen and oxygen atoms in total. The van der Waals surface area contributed by atoms with Crippen LogP contribution in [-0.4, -0.2) is 47.2 Å². The number of thiol groups is 1. The van der Waals surface area contributed by atoms with Crippen molar-refractivity contribution in [3.63, 3.8) is 0 Å². The zero-order valence-corrected chi connectivity index (χ0v) is 34.5. The Labute approximate surface area is 322 Å². The van der Waals surface area contributed by atoms with Gasteiger partial charge in [-0.25, -0.2) is 13.8 Å². The van der Waals surface area contributed by atoms with Crippen LogP contribution in [0.5, 0.6) is 0 Å². The van der Waals surface area contributed by atoms with Crippen molar-refractivity contribution in [2.24, 2.45) is 0 Å². The zero-order chi connectivity index (χ0) is 39.4. The van der Waals surface area contributed by atoms with E-state index in [1.54, 1.807) is 37.0 Å². The van der Waals surface area contributed by atoms with Gasteiger partial charge in [0.25, 0.3) is 6.43 Å². The molecule has 0 spiro atoms. The van der Waals surface area contributed by atoms with Crippen molar-refractivity contribution < 1.29 is 8.78 Å². The van der Waals surface area contributed by atoms with Crippen molar-refractivity contribution >= 4 is 36.2 Å². The number of alkyl halides is 2. The number of terminal acetylenes is 1. The minimum absolute atomic E-state index is 0.000114. The first-order chi connectivity index (χ1) is 25.0. The molecule has 1 aromatic carbocycles. The number of aryl methyl sites for hydroxylation is 1. The number of anilines is 1. The van der Waals surface area contributed by atoms with Crippen LogP contribution >= 0.6 is 24.6 Å². The number of hydrogen-bond donors (Lipinski definition) is 4. The third-order valence-corrected chi connectivity index (χ3v) is 10.1. The monoisotopic (exact) mass is 752 g/mol. The molecule has 1 fully saturated rings. The number of pyridine rings is 2. The van der Waals surface area contributed by atoms with Crippen molar-refractivity contribution in [1.29, 1.82) is 10.8 Å². The highest BCUT2D eigenvalue weighted by Crippen LogP contribution is 2.43. The van der Waals surface area contributed by atoms with Gasteiger partial charge < -0.3 is 4.90 Å². The molecular formula is C42H62F2N6S2. The lowest BCUT2D eigenvalue weighted by atomic mass is 9.85. The van der Waals surface area contributed by atoms with Gasteiger partial charge in [0, 0.05) is 54.3 Å². The molecular weight excluding hydrogens is 691 g/mol. The molecule has 3 atom stereocenters. The summed E-state index contributed by atoms with van der Waals surface area (Å²) in [5.41, 5.74) is 6.89. The lowest BCUT2D eigenvalue weighted by Crippen LogP contribution is -2.45. The molecule has 2 unspecified atom stereocenters. The Morgan fingerprint density at radius 1 is 1.17 bits per heavy atom. The van der Waals surface area contributed by atoms with Crippen LogP contribution < -0.4 is 15.1 Å². The molecule has 1 saturated heterocycles. The van der Waals surface area contributed by atoms with Crippen LogP contribution in [0, 0.1) is 37.0 Å². The molecule has 0 amide bonds. The molecule has 3 heterocycles. The number of allylic oxidation sites excluding steroid dienone is 1. The summed E-state index contributed by atoms with van der Waals surface area (Å²) in [5, 5.41) is 16.3. The van der Waals surface area contributed by atoms with Gasteiger partial charge >= 0.3 is 0 Å². The molecule has 0 bridgehead atoms. The topological polar surface area (TPSA) is 80.8 Å². The summed E-state index contributed by atoms with van der Waals surface area (Å²) in [6.07, 6.45) is 16.0. The van der Waals surface area contributed by atoms with Gasteiger partial charge in [-0.1, -0.05) is 84.0 Å². The molecule has 10 heteroatoms. The zero-order valence-electron chi connectivity index (χ0n) is 32.8. The summed E-state index contributed by atoms with van der Waals surface area (Å²) in [5.74, 6) is 2.97.